The Bertz CT molecular complexity index is 1480. The smallest absolute Gasteiger partial charge is 0.339 e. The van der Waals surface area contributed by atoms with Gasteiger partial charge in [-0.2, -0.15) is 8.42 Å². The van der Waals surface area contributed by atoms with Gasteiger partial charge in [0.15, 0.2) is 0 Å². The number of carboxylic acid groups (broad SMARTS) is 2. The highest BCUT2D eigenvalue weighted by Gasteiger charge is 2.17. The van der Waals surface area contributed by atoms with Crippen LogP contribution in [0.15, 0.2) is 102 Å². The van der Waals surface area contributed by atoms with Gasteiger partial charge in [-0.05, 0) is 97.1 Å². The van der Waals surface area contributed by atoms with E-state index in [1.54, 1.807) is 0 Å². The fourth-order valence-electron chi connectivity index (χ4n) is 3.02. The second-order valence-electron chi connectivity index (χ2n) is 7.34. The quantitative estimate of drug-likeness (QED) is 0.285. The van der Waals surface area contributed by atoms with Gasteiger partial charge in [0.25, 0.3) is 0 Å². The Labute approximate surface area is 205 Å². The van der Waals surface area contributed by atoms with E-state index in [-0.39, 0.29) is 21.8 Å². The summed E-state index contributed by atoms with van der Waals surface area (Å²) in [4.78, 5) is 21.8. The zero-order valence-corrected chi connectivity index (χ0v) is 19.2. The molecule has 2 N–H and O–H groups in total. The van der Waals surface area contributed by atoms with E-state index in [0.29, 0.717) is 23.0 Å². The summed E-state index contributed by atoms with van der Waals surface area (Å²) < 4.78 is 41.7. The molecule has 0 saturated carbocycles. The summed E-state index contributed by atoms with van der Waals surface area (Å²) in [5, 5.41) is 17.9. The number of carbonyl (C=O) groups is 2. The molecule has 36 heavy (non-hydrogen) atoms. The lowest BCUT2D eigenvalue weighted by atomic mass is 10.2. The molecule has 0 aliphatic heterocycles. The first-order valence-electron chi connectivity index (χ1n) is 10.4. The van der Waals surface area contributed by atoms with Crippen molar-refractivity contribution in [3.8, 4) is 28.7 Å². The van der Waals surface area contributed by atoms with Crippen molar-refractivity contribution in [3.05, 3.63) is 108 Å². The fraction of sp³-hybridized carbons (Fsp3) is 0. The molecule has 0 atom stereocenters. The summed E-state index contributed by atoms with van der Waals surface area (Å²) in [5.74, 6) is -0.448. The minimum Gasteiger partial charge on any atom is -0.478 e. The average molecular weight is 506 g/mol. The van der Waals surface area contributed by atoms with Crippen LogP contribution in [-0.2, 0) is 10.1 Å². The molecule has 0 saturated heterocycles. The van der Waals surface area contributed by atoms with Gasteiger partial charge in [-0.3, -0.25) is 0 Å². The van der Waals surface area contributed by atoms with Crippen molar-refractivity contribution in [3.63, 3.8) is 0 Å². The van der Waals surface area contributed by atoms with Crippen LogP contribution in [0.5, 0.6) is 28.7 Å². The Hall–Kier alpha value is -4.83. The van der Waals surface area contributed by atoms with E-state index in [4.69, 9.17) is 23.9 Å². The number of rotatable bonds is 9. The fourth-order valence-corrected chi connectivity index (χ4v) is 3.95. The van der Waals surface area contributed by atoms with Crippen molar-refractivity contribution in [1.82, 2.24) is 0 Å². The van der Waals surface area contributed by atoms with Crippen LogP contribution >= 0.6 is 0 Å². The third-order valence-electron chi connectivity index (χ3n) is 4.82. The molecule has 0 unspecified atom stereocenters. The van der Waals surface area contributed by atoms with Crippen molar-refractivity contribution in [2.75, 3.05) is 0 Å². The molecule has 0 aromatic heterocycles. The number of aromatic carboxylic acids is 2. The van der Waals surface area contributed by atoms with Crippen molar-refractivity contribution in [2.24, 2.45) is 0 Å². The molecule has 10 heteroatoms. The molecular weight excluding hydrogens is 488 g/mol. The molecule has 4 aromatic rings. The number of benzene rings is 4. The number of hydrogen-bond donors (Lipinski definition) is 2. The van der Waals surface area contributed by atoms with Crippen molar-refractivity contribution in [1.29, 1.82) is 0 Å². The third kappa shape index (κ3) is 5.99. The molecule has 0 amide bonds. The Morgan fingerprint density at radius 2 is 0.806 bits per heavy atom. The van der Waals surface area contributed by atoms with E-state index >= 15 is 0 Å². The molecule has 9 nitrogen and oxygen atoms in total. The lowest BCUT2D eigenvalue weighted by Crippen LogP contribution is -2.09. The van der Waals surface area contributed by atoms with Gasteiger partial charge in [0.1, 0.15) is 33.6 Å². The first-order valence-corrected chi connectivity index (χ1v) is 11.8. The predicted octanol–water partition coefficient (Wildman–Crippen LogP) is 5.44. The van der Waals surface area contributed by atoms with Gasteiger partial charge in [-0.15, -0.1) is 0 Å². The van der Waals surface area contributed by atoms with Crippen LogP contribution in [0, 0.1) is 0 Å². The molecule has 0 radical (unpaired) electrons. The van der Waals surface area contributed by atoms with Gasteiger partial charge in [0, 0.05) is 0 Å². The normalized spacial score (nSPS) is 10.9. The highest BCUT2D eigenvalue weighted by Crippen LogP contribution is 2.27. The van der Waals surface area contributed by atoms with Crippen LogP contribution in [0.25, 0.3) is 0 Å². The Morgan fingerprint density at radius 3 is 1.17 bits per heavy atom. The van der Waals surface area contributed by atoms with E-state index in [1.165, 1.54) is 97.1 Å². The van der Waals surface area contributed by atoms with E-state index in [0.717, 1.165) is 0 Å². The number of ether oxygens (including phenoxy) is 2. The summed E-state index contributed by atoms with van der Waals surface area (Å²) in [7, 11) is -4.12. The van der Waals surface area contributed by atoms with Gasteiger partial charge in [0.05, 0.1) is 11.1 Å². The van der Waals surface area contributed by atoms with Crippen LogP contribution < -0.4 is 13.7 Å². The van der Waals surface area contributed by atoms with Gasteiger partial charge in [0.2, 0.25) is 0 Å². The minimum absolute atomic E-state index is 0.0717. The van der Waals surface area contributed by atoms with Gasteiger partial charge in [-0.25, -0.2) is 9.59 Å². The minimum atomic E-state index is -4.12. The zero-order valence-electron chi connectivity index (χ0n) is 18.4. The van der Waals surface area contributed by atoms with Gasteiger partial charge in [-0.1, -0.05) is 0 Å². The topological polar surface area (TPSA) is 136 Å². The van der Waals surface area contributed by atoms with Crippen molar-refractivity contribution < 1.29 is 41.9 Å². The lowest BCUT2D eigenvalue weighted by Gasteiger charge is -2.10. The molecule has 0 aliphatic rings. The predicted molar refractivity (Wildman–Crippen MR) is 128 cm³/mol. The first-order chi connectivity index (χ1) is 17.2. The molecular formula is C26H18O9S. The molecule has 0 heterocycles. The molecule has 182 valence electrons. The number of carboxylic acids is 2. The monoisotopic (exact) mass is 506 g/mol. The van der Waals surface area contributed by atoms with Crippen molar-refractivity contribution in [2.45, 2.75) is 4.90 Å². The average Bonchev–Trinajstić information content (AvgIpc) is 2.86. The van der Waals surface area contributed by atoms with Crippen LogP contribution in [0.4, 0.5) is 0 Å². The largest absolute Gasteiger partial charge is 0.478 e. The molecule has 0 bridgehead atoms. The maximum Gasteiger partial charge on any atom is 0.339 e. The Morgan fingerprint density at radius 1 is 0.500 bits per heavy atom. The third-order valence-corrected chi connectivity index (χ3v) is 6.08. The van der Waals surface area contributed by atoms with Crippen molar-refractivity contribution >= 4 is 22.1 Å². The second kappa shape index (κ2) is 10.2. The molecule has 4 aromatic carbocycles. The van der Waals surface area contributed by atoms with E-state index in [1.807, 2.05) is 0 Å². The molecule has 0 fully saturated rings. The highest BCUT2D eigenvalue weighted by atomic mass is 32.2. The van der Waals surface area contributed by atoms with Crippen LogP contribution in [0.2, 0.25) is 0 Å². The first kappa shape index (κ1) is 24.3. The Kier molecular flexibility index (Phi) is 6.88. The van der Waals surface area contributed by atoms with E-state index < -0.39 is 22.1 Å². The molecule has 0 aliphatic carbocycles. The van der Waals surface area contributed by atoms with Crippen LogP contribution in [-0.4, -0.2) is 30.6 Å². The van der Waals surface area contributed by atoms with E-state index in [9.17, 15) is 18.0 Å². The maximum absolute atomic E-state index is 12.6. The van der Waals surface area contributed by atoms with Gasteiger partial charge >= 0.3 is 22.1 Å². The summed E-state index contributed by atoms with van der Waals surface area (Å²) in [5.41, 5.74) is 0.250. The maximum atomic E-state index is 12.6. The summed E-state index contributed by atoms with van der Waals surface area (Å²) in [6, 6.07) is 23.1. The SMILES string of the molecule is O=C(O)c1ccc(Oc2ccc(OS(=O)(=O)c3ccc(Oc4ccc(C(=O)O)cc4)cc3)cc2)cc1. The summed E-state index contributed by atoms with van der Waals surface area (Å²) in [6.07, 6.45) is 0. The van der Waals surface area contributed by atoms with Crippen LogP contribution in [0.3, 0.4) is 0 Å². The highest BCUT2D eigenvalue weighted by molar-refractivity contribution is 7.87. The summed E-state index contributed by atoms with van der Waals surface area (Å²) >= 11 is 0. The van der Waals surface area contributed by atoms with Crippen LogP contribution in [0.1, 0.15) is 20.7 Å². The molecule has 4 rings (SSSR count). The zero-order chi connectivity index (χ0) is 25.7. The molecule has 0 spiro atoms. The second-order valence-corrected chi connectivity index (χ2v) is 8.89. The lowest BCUT2D eigenvalue weighted by molar-refractivity contribution is 0.0686. The standard InChI is InChI=1S/C26H18O9S/c27-25(28)17-1-5-19(6-2-17)33-21-9-11-23(12-10-21)35-36(31,32)24-15-13-22(14-16-24)34-20-7-3-18(4-8-20)26(29)30/h1-16H,(H,27,28)(H,29,30). The van der Waals surface area contributed by atoms with E-state index in [2.05, 4.69) is 0 Å². The Balaban J connectivity index is 1.38. The number of hydrogen-bond acceptors (Lipinski definition) is 7. The summed E-state index contributed by atoms with van der Waals surface area (Å²) in [6.45, 7) is 0. The van der Waals surface area contributed by atoms with Gasteiger partial charge < -0.3 is 23.9 Å².